The summed E-state index contributed by atoms with van der Waals surface area (Å²) in [5.74, 6) is 6.88. The second-order valence-electron chi connectivity index (χ2n) is 4.63. The molecule has 0 fully saturated rings. The van der Waals surface area contributed by atoms with E-state index in [4.69, 9.17) is 5.84 Å². The van der Waals surface area contributed by atoms with Crippen molar-refractivity contribution in [1.82, 2.24) is 15.0 Å². The second-order valence-corrected chi connectivity index (χ2v) is 4.63. The lowest BCUT2D eigenvalue weighted by Gasteiger charge is -2.22. The van der Waals surface area contributed by atoms with Gasteiger partial charge in [0.25, 0.3) is 0 Å². The Bertz CT molecular complexity index is 409. The quantitative estimate of drug-likeness (QED) is 0.459. The van der Waals surface area contributed by atoms with Crippen LogP contribution in [0.3, 0.4) is 0 Å². The van der Waals surface area contributed by atoms with Crippen molar-refractivity contribution in [2.45, 2.75) is 33.3 Å². The standard InChI is InChI=1S/C12H25N7O/c1-5-19(6-2)12-15-10(17-13)14-11(16-12)18(4)8-7-9(3)20/h9,20H,5-8,13H2,1-4H3,(H,14,15,16,17). The number of nitrogens with one attached hydrogen (secondary N) is 1. The second kappa shape index (κ2) is 7.81. The first-order valence-electron chi connectivity index (χ1n) is 6.88. The first kappa shape index (κ1) is 16.4. The maximum Gasteiger partial charge on any atom is 0.243 e. The van der Waals surface area contributed by atoms with Gasteiger partial charge in [0.1, 0.15) is 0 Å². The molecular formula is C12H25N7O. The molecule has 114 valence electrons. The van der Waals surface area contributed by atoms with Crippen molar-refractivity contribution in [3.8, 4) is 0 Å². The van der Waals surface area contributed by atoms with Gasteiger partial charge in [0.05, 0.1) is 6.10 Å². The molecule has 8 nitrogen and oxygen atoms in total. The zero-order valence-corrected chi connectivity index (χ0v) is 12.7. The van der Waals surface area contributed by atoms with Gasteiger partial charge in [0.2, 0.25) is 17.8 Å². The monoisotopic (exact) mass is 283 g/mol. The highest BCUT2D eigenvalue weighted by Crippen LogP contribution is 2.15. The van der Waals surface area contributed by atoms with Crippen LogP contribution in [0.25, 0.3) is 0 Å². The number of hydrogen-bond acceptors (Lipinski definition) is 8. The van der Waals surface area contributed by atoms with E-state index < -0.39 is 0 Å². The van der Waals surface area contributed by atoms with E-state index >= 15 is 0 Å². The highest BCUT2D eigenvalue weighted by atomic mass is 16.3. The Balaban J connectivity index is 2.97. The summed E-state index contributed by atoms with van der Waals surface area (Å²) in [6.45, 7) is 8.11. The molecule has 1 unspecified atom stereocenters. The maximum atomic E-state index is 9.35. The van der Waals surface area contributed by atoms with Crippen molar-refractivity contribution in [2.24, 2.45) is 5.84 Å². The summed E-state index contributed by atoms with van der Waals surface area (Å²) >= 11 is 0. The average Bonchev–Trinajstić information content (AvgIpc) is 2.45. The molecule has 1 aromatic heterocycles. The molecule has 1 heterocycles. The number of aliphatic hydroxyl groups excluding tert-OH is 1. The van der Waals surface area contributed by atoms with Crippen molar-refractivity contribution >= 4 is 17.8 Å². The fourth-order valence-electron chi connectivity index (χ4n) is 1.72. The minimum Gasteiger partial charge on any atom is -0.393 e. The van der Waals surface area contributed by atoms with E-state index in [1.807, 2.05) is 30.7 Å². The Morgan fingerprint density at radius 3 is 2.30 bits per heavy atom. The number of nitrogens with two attached hydrogens (primary N) is 1. The van der Waals surface area contributed by atoms with E-state index in [9.17, 15) is 5.11 Å². The number of nitrogen functional groups attached to an aromatic ring is 1. The fourth-order valence-corrected chi connectivity index (χ4v) is 1.72. The van der Waals surface area contributed by atoms with E-state index in [0.29, 0.717) is 30.8 Å². The first-order chi connectivity index (χ1) is 9.51. The van der Waals surface area contributed by atoms with Gasteiger partial charge >= 0.3 is 0 Å². The van der Waals surface area contributed by atoms with Crippen LogP contribution in [0.2, 0.25) is 0 Å². The van der Waals surface area contributed by atoms with E-state index in [-0.39, 0.29) is 6.10 Å². The molecule has 1 rings (SSSR count). The molecule has 0 radical (unpaired) electrons. The van der Waals surface area contributed by atoms with Crippen molar-refractivity contribution < 1.29 is 5.11 Å². The molecule has 1 atom stereocenters. The Hall–Kier alpha value is -1.67. The van der Waals surface area contributed by atoms with Crippen molar-refractivity contribution in [2.75, 3.05) is 41.9 Å². The number of aliphatic hydroxyl groups is 1. The molecule has 8 heteroatoms. The summed E-state index contributed by atoms with van der Waals surface area (Å²) in [6, 6.07) is 0. The van der Waals surface area contributed by atoms with Gasteiger partial charge < -0.3 is 14.9 Å². The number of aromatic nitrogens is 3. The van der Waals surface area contributed by atoms with Crippen LogP contribution < -0.4 is 21.1 Å². The molecule has 0 saturated carbocycles. The summed E-state index contributed by atoms with van der Waals surface area (Å²) in [5, 5.41) is 9.35. The highest BCUT2D eigenvalue weighted by molar-refractivity contribution is 5.44. The van der Waals surface area contributed by atoms with Crippen molar-refractivity contribution in [3.05, 3.63) is 0 Å². The van der Waals surface area contributed by atoms with Crippen LogP contribution in [0.1, 0.15) is 27.2 Å². The molecular weight excluding hydrogens is 258 g/mol. The molecule has 0 aromatic carbocycles. The van der Waals surface area contributed by atoms with Gasteiger partial charge in [-0.1, -0.05) is 0 Å². The van der Waals surface area contributed by atoms with Gasteiger partial charge in [-0.15, -0.1) is 0 Å². The SMILES string of the molecule is CCN(CC)c1nc(NN)nc(N(C)CCC(C)O)n1. The van der Waals surface area contributed by atoms with E-state index in [1.54, 1.807) is 6.92 Å². The lowest BCUT2D eigenvalue weighted by atomic mass is 10.3. The van der Waals surface area contributed by atoms with Crippen LogP contribution in [0.15, 0.2) is 0 Å². The normalized spacial score (nSPS) is 12.1. The molecule has 0 aliphatic heterocycles. The zero-order chi connectivity index (χ0) is 15.1. The van der Waals surface area contributed by atoms with Crippen molar-refractivity contribution in [1.29, 1.82) is 0 Å². The summed E-state index contributed by atoms with van der Waals surface area (Å²) in [7, 11) is 1.88. The first-order valence-corrected chi connectivity index (χ1v) is 6.88. The van der Waals surface area contributed by atoms with Gasteiger partial charge in [-0.05, 0) is 27.2 Å². The van der Waals surface area contributed by atoms with Gasteiger partial charge in [0.15, 0.2) is 0 Å². The molecule has 0 aliphatic rings. The van der Waals surface area contributed by atoms with Gasteiger partial charge in [-0.25, -0.2) is 5.84 Å². The van der Waals surface area contributed by atoms with Gasteiger partial charge in [-0.2, -0.15) is 15.0 Å². The molecule has 0 bridgehead atoms. The largest absolute Gasteiger partial charge is 0.393 e. The summed E-state index contributed by atoms with van der Waals surface area (Å²) in [6.07, 6.45) is 0.294. The zero-order valence-electron chi connectivity index (χ0n) is 12.7. The Kier molecular flexibility index (Phi) is 6.40. The smallest absolute Gasteiger partial charge is 0.243 e. The Morgan fingerprint density at radius 2 is 1.80 bits per heavy atom. The minimum absolute atomic E-state index is 0.334. The number of hydrazine groups is 1. The van der Waals surface area contributed by atoms with Gasteiger partial charge in [0, 0.05) is 26.7 Å². The van der Waals surface area contributed by atoms with Crippen LogP contribution in [-0.4, -0.2) is 52.8 Å². The van der Waals surface area contributed by atoms with Gasteiger partial charge in [-0.3, -0.25) is 5.43 Å². The molecule has 0 spiro atoms. The molecule has 0 aliphatic carbocycles. The number of hydrogen-bond donors (Lipinski definition) is 3. The van der Waals surface area contributed by atoms with Crippen molar-refractivity contribution in [3.63, 3.8) is 0 Å². The van der Waals surface area contributed by atoms with Crippen LogP contribution >= 0.6 is 0 Å². The lowest BCUT2D eigenvalue weighted by molar-refractivity contribution is 0.186. The average molecular weight is 283 g/mol. The molecule has 0 amide bonds. The van der Waals surface area contributed by atoms with E-state index in [0.717, 1.165) is 13.1 Å². The topological polar surface area (TPSA) is 103 Å². The van der Waals surface area contributed by atoms with Crippen LogP contribution in [-0.2, 0) is 0 Å². The van der Waals surface area contributed by atoms with Crippen LogP contribution in [0, 0.1) is 0 Å². The molecule has 20 heavy (non-hydrogen) atoms. The number of nitrogens with zero attached hydrogens (tertiary/aromatic N) is 5. The third kappa shape index (κ3) is 4.46. The highest BCUT2D eigenvalue weighted by Gasteiger charge is 2.13. The van der Waals surface area contributed by atoms with E-state index in [1.165, 1.54) is 0 Å². The number of rotatable bonds is 8. The fraction of sp³-hybridized carbons (Fsp3) is 0.750. The lowest BCUT2D eigenvalue weighted by Crippen LogP contribution is -2.29. The third-order valence-corrected chi connectivity index (χ3v) is 3.01. The minimum atomic E-state index is -0.353. The summed E-state index contributed by atoms with van der Waals surface area (Å²) in [5.41, 5.74) is 2.47. The molecule has 1 aromatic rings. The summed E-state index contributed by atoms with van der Waals surface area (Å²) in [4.78, 5) is 16.9. The Morgan fingerprint density at radius 1 is 1.20 bits per heavy atom. The summed E-state index contributed by atoms with van der Waals surface area (Å²) < 4.78 is 0. The van der Waals surface area contributed by atoms with E-state index in [2.05, 4.69) is 20.4 Å². The predicted octanol–water partition coefficient (Wildman–Crippen LogP) is 0.211. The maximum absolute atomic E-state index is 9.35. The molecule has 4 N–H and O–H groups in total. The third-order valence-electron chi connectivity index (χ3n) is 3.01. The number of anilines is 3. The Labute approximate surface area is 120 Å². The molecule has 0 saturated heterocycles. The predicted molar refractivity (Wildman–Crippen MR) is 80.8 cm³/mol. The van der Waals surface area contributed by atoms with Crippen LogP contribution in [0.4, 0.5) is 17.8 Å². The van der Waals surface area contributed by atoms with Crippen LogP contribution in [0.5, 0.6) is 0 Å².